The Kier molecular flexibility index (Phi) is 4.86. The fourth-order valence-electron chi connectivity index (χ4n) is 2.23. The van der Waals surface area contributed by atoms with Gasteiger partial charge in [0.15, 0.2) is 5.84 Å². The predicted molar refractivity (Wildman–Crippen MR) is 92.9 cm³/mol. The van der Waals surface area contributed by atoms with Gasteiger partial charge in [-0.25, -0.2) is 4.98 Å². The van der Waals surface area contributed by atoms with Crippen LogP contribution in [0.2, 0.25) is 0 Å². The highest BCUT2D eigenvalue weighted by molar-refractivity contribution is 6.02. The average molecular weight is 321 g/mol. The molecule has 0 unspecified atom stereocenters. The smallest absolute Gasteiger partial charge is 0.168 e. The van der Waals surface area contributed by atoms with E-state index in [1.54, 1.807) is 23.7 Å². The summed E-state index contributed by atoms with van der Waals surface area (Å²) in [6.07, 6.45) is 7.06. The van der Waals surface area contributed by atoms with Crippen molar-refractivity contribution in [3.05, 3.63) is 78.6 Å². The summed E-state index contributed by atoms with van der Waals surface area (Å²) in [7, 11) is 3.77. The molecule has 0 spiro atoms. The van der Waals surface area contributed by atoms with Crippen molar-refractivity contribution in [1.82, 2.24) is 19.5 Å². The number of para-hydroxylation sites is 1. The summed E-state index contributed by atoms with van der Waals surface area (Å²) in [5.41, 5.74) is 1.76. The molecule has 2 aromatic heterocycles. The minimum atomic E-state index is 0.400. The largest absolute Gasteiger partial charge is 0.487 e. The zero-order valence-electron chi connectivity index (χ0n) is 13.7. The van der Waals surface area contributed by atoms with E-state index in [4.69, 9.17) is 4.74 Å². The highest BCUT2D eigenvalue weighted by Crippen LogP contribution is 2.21. The number of rotatable bonds is 5. The van der Waals surface area contributed by atoms with Crippen LogP contribution in [0.1, 0.15) is 11.3 Å². The van der Waals surface area contributed by atoms with Gasteiger partial charge in [-0.1, -0.05) is 18.2 Å². The van der Waals surface area contributed by atoms with E-state index in [-0.39, 0.29) is 0 Å². The van der Waals surface area contributed by atoms with Gasteiger partial charge >= 0.3 is 0 Å². The lowest BCUT2D eigenvalue weighted by Gasteiger charge is -2.15. The second-order valence-corrected chi connectivity index (χ2v) is 5.35. The number of imidazole rings is 1. The first-order chi connectivity index (χ1) is 11.7. The van der Waals surface area contributed by atoms with Crippen LogP contribution in [0.5, 0.6) is 5.75 Å². The number of benzene rings is 1. The number of hydrogen-bond donors (Lipinski definition) is 0. The van der Waals surface area contributed by atoms with Crippen LogP contribution in [0.15, 0.2) is 72.5 Å². The molecular formula is C18H19N5O. The van der Waals surface area contributed by atoms with E-state index < -0.39 is 0 Å². The first-order valence-corrected chi connectivity index (χ1v) is 7.60. The molecule has 3 aromatic rings. The summed E-state index contributed by atoms with van der Waals surface area (Å²) < 4.78 is 7.85. The van der Waals surface area contributed by atoms with Crippen molar-refractivity contribution in [2.24, 2.45) is 5.10 Å². The first kappa shape index (κ1) is 15.7. The molecule has 2 heterocycles. The summed E-state index contributed by atoms with van der Waals surface area (Å²) in [4.78, 5) is 8.40. The van der Waals surface area contributed by atoms with Gasteiger partial charge in [-0.15, -0.1) is 0 Å². The van der Waals surface area contributed by atoms with Crippen LogP contribution in [-0.4, -0.2) is 39.5 Å². The lowest BCUT2D eigenvalue weighted by atomic mass is 10.2. The zero-order chi connectivity index (χ0) is 16.8. The summed E-state index contributed by atoms with van der Waals surface area (Å²) in [5, 5.41) is 6.34. The van der Waals surface area contributed by atoms with E-state index in [0.29, 0.717) is 6.61 Å². The van der Waals surface area contributed by atoms with Crippen LogP contribution in [0.3, 0.4) is 0 Å². The Labute approximate surface area is 141 Å². The average Bonchev–Trinajstić information content (AvgIpc) is 3.13. The Bertz CT molecular complexity index is 797. The van der Waals surface area contributed by atoms with E-state index in [1.807, 2.05) is 67.3 Å². The lowest BCUT2D eigenvalue weighted by molar-refractivity contribution is 0.300. The molecule has 122 valence electrons. The second kappa shape index (κ2) is 7.41. The van der Waals surface area contributed by atoms with Crippen LogP contribution in [0.4, 0.5) is 0 Å². The van der Waals surface area contributed by atoms with Gasteiger partial charge in [-0.2, -0.15) is 5.10 Å². The molecule has 0 radical (unpaired) electrons. The van der Waals surface area contributed by atoms with Crippen LogP contribution < -0.4 is 4.74 Å². The maximum Gasteiger partial charge on any atom is 0.168 e. The standard InChI is InChI=1S/C18H19N5O/c1-22(2)21-18(23-12-11-19-14-23)16-8-3-4-9-17(16)24-13-15-7-5-6-10-20-15/h3-12,14H,13H2,1-2H3/b21-18-. The Morgan fingerprint density at radius 3 is 2.67 bits per heavy atom. The van der Waals surface area contributed by atoms with Gasteiger partial charge in [0.25, 0.3) is 0 Å². The summed E-state index contributed by atoms with van der Waals surface area (Å²) >= 11 is 0. The molecule has 3 rings (SSSR count). The molecule has 1 aromatic carbocycles. The van der Waals surface area contributed by atoms with Crippen molar-refractivity contribution in [2.75, 3.05) is 14.1 Å². The summed E-state index contributed by atoms with van der Waals surface area (Å²) in [6.45, 7) is 0.400. The third-order valence-corrected chi connectivity index (χ3v) is 3.27. The monoisotopic (exact) mass is 321 g/mol. The topological polar surface area (TPSA) is 55.5 Å². The van der Waals surface area contributed by atoms with Gasteiger partial charge in [0.05, 0.1) is 11.3 Å². The summed E-state index contributed by atoms with van der Waals surface area (Å²) in [5.74, 6) is 1.49. The van der Waals surface area contributed by atoms with E-state index >= 15 is 0 Å². The van der Waals surface area contributed by atoms with E-state index in [9.17, 15) is 0 Å². The Morgan fingerprint density at radius 1 is 1.12 bits per heavy atom. The van der Waals surface area contributed by atoms with Crippen molar-refractivity contribution in [1.29, 1.82) is 0 Å². The maximum atomic E-state index is 5.99. The second-order valence-electron chi connectivity index (χ2n) is 5.35. The Hall–Kier alpha value is -3.15. The Morgan fingerprint density at radius 2 is 1.96 bits per heavy atom. The normalized spacial score (nSPS) is 11.3. The highest BCUT2D eigenvalue weighted by atomic mass is 16.5. The number of aromatic nitrogens is 3. The van der Waals surface area contributed by atoms with E-state index in [2.05, 4.69) is 15.1 Å². The Balaban J connectivity index is 1.92. The van der Waals surface area contributed by atoms with Crippen molar-refractivity contribution in [2.45, 2.75) is 6.61 Å². The van der Waals surface area contributed by atoms with Crippen LogP contribution in [0.25, 0.3) is 0 Å². The number of ether oxygens (including phenoxy) is 1. The molecule has 0 aliphatic rings. The number of nitrogens with zero attached hydrogens (tertiary/aromatic N) is 5. The van der Waals surface area contributed by atoms with Gasteiger partial charge in [0.2, 0.25) is 0 Å². The molecule has 0 amide bonds. The van der Waals surface area contributed by atoms with Gasteiger partial charge in [0.1, 0.15) is 18.7 Å². The van der Waals surface area contributed by atoms with Crippen molar-refractivity contribution in [3.8, 4) is 5.75 Å². The molecule has 24 heavy (non-hydrogen) atoms. The summed E-state index contributed by atoms with van der Waals surface area (Å²) in [6, 6.07) is 13.6. The van der Waals surface area contributed by atoms with Crippen LogP contribution in [-0.2, 0) is 6.61 Å². The molecule has 0 atom stereocenters. The van der Waals surface area contributed by atoms with Crippen molar-refractivity contribution >= 4 is 5.84 Å². The molecular weight excluding hydrogens is 302 g/mol. The maximum absolute atomic E-state index is 5.99. The first-order valence-electron chi connectivity index (χ1n) is 7.60. The van der Waals surface area contributed by atoms with Gasteiger partial charge < -0.3 is 9.75 Å². The zero-order valence-corrected chi connectivity index (χ0v) is 13.7. The van der Waals surface area contributed by atoms with Crippen molar-refractivity contribution < 1.29 is 4.74 Å². The highest BCUT2D eigenvalue weighted by Gasteiger charge is 2.13. The minimum absolute atomic E-state index is 0.400. The molecule has 0 N–H and O–H groups in total. The fraction of sp³-hybridized carbons (Fsp3) is 0.167. The molecule has 0 saturated carbocycles. The van der Waals surface area contributed by atoms with E-state index in [0.717, 1.165) is 22.8 Å². The van der Waals surface area contributed by atoms with E-state index in [1.165, 1.54) is 0 Å². The molecule has 6 heteroatoms. The number of hydrogen-bond acceptors (Lipinski definition) is 5. The molecule has 0 bridgehead atoms. The van der Waals surface area contributed by atoms with Crippen molar-refractivity contribution in [3.63, 3.8) is 0 Å². The lowest BCUT2D eigenvalue weighted by Crippen LogP contribution is -2.18. The van der Waals surface area contributed by atoms with Crippen LogP contribution >= 0.6 is 0 Å². The quantitative estimate of drug-likeness (QED) is 0.412. The minimum Gasteiger partial charge on any atom is -0.487 e. The fourth-order valence-corrected chi connectivity index (χ4v) is 2.23. The SMILES string of the molecule is CN(C)/N=C(/c1ccccc1OCc1ccccn1)n1ccnc1. The van der Waals surface area contributed by atoms with Gasteiger partial charge in [0, 0.05) is 32.7 Å². The third kappa shape index (κ3) is 3.78. The number of pyridine rings is 1. The van der Waals surface area contributed by atoms with Crippen LogP contribution in [0, 0.1) is 0 Å². The molecule has 0 saturated heterocycles. The predicted octanol–water partition coefficient (Wildman–Crippen LogP) is 2.63. The van der Waals surface area contributed by atoms with Gasteiger partial charge in [-0.3, -0.25) is 9.55 Å². The third-order valence-electron chi connectivity index (χ3n) is 3.27. The molecule has 6 nitrogen and oxygen atoms in total. The molecule has 0 aliphatic heterocycles. The molecule has 0 fully saturated rings. The van der Waals surface area contributed by atoms with Gasteiger partial charge in [-0.05, 0) is 24.3 Å². The molecule has 0 aliphatic carbocycles. The number of hydrazone groups is 1.